The molecule has 1 N–H and O–H groups in total. The van der Waals surface area contributed by atoms with E-state index in [0.29, 0.717) is 16.3 Å². The molecule has 0 spiro atoms. The zero-order valence-electron chi connectivity index (χ0n) is 20.8. The standard InChI is InChI=1S/C12H16N4OS.C10H14.C2H6.CH4O/c1-2-15-5-3-4-9(15)7-16-8-13-10-6-14-18-11(10)12(16)17;1-4-6-7-9-10(3)8-5-2;2*1-2/h6,8-9H,2-5,7H2,1H3;6-7,9H,4H2,1-3H3;1-2H3;2H,1H3/b;7-6-,10-9-;;. The van der Waals surface area contributed by atoms with Crippen molar-refractivity contribution in [1.82, 2.24) is 18.8 Å². The minimum Gasteiger partial charge on any atom is -0.400 e. The van der Waals surface area contributed by atoms with Crippen molar-refractivity contribution in [3.63, 3.8) is 0 Å². The minimum absolute atomic E-state index is 0.0467. The predicted octanol–water partition coefficient (Wildman–Crippen LogP) is 4.89. The number of aliphatic hydroxyl groups is 1. The molecule has 2 aromatic heterocycles. The first-order valence-corrected chi connectivity index (χ1v) is 12.1. The van der Waals surface area contributed by atoms with Crippen molar-refractivity contribution < 1.29 is 5.11 Å². The van der Waals surface area contributed by atoms with Gasteiger partial charge in [0.1, 0.15) is 10.2 Å². The van der Waals surface area contributed by atoms with Gasteiger partial charge in [-0.15, -0.1) is 5.92 Å². The van der Waals surface area contributed by atoms with Gasteiger partial charge in [0.15, 0.2) is 0 Å². The quantitative estimate of drug-likeness (QED) is 0.508. The summed E-state index contributed by atoms with van der Waals surface area (Å²) >= 11 is 1.23. The molecule has 3 rings (SSSR count). The van der Waals surface area contributed by atoms with Crippen molar-refractivity contribution in [2.24, 2.45) is 0 Å². The second-order valence-electron chi connectivity index (χ2n) is 6.73. The molecule has 178 valence electrons. The fraction of sp³-hybridized carbons (Fsp3) is 0.560. The lowest BCUT2D eigenvalue weighted by atomic mass is 10.2. The van der Waals surface area contributed by atoms with Gasteiger partial charge in [0.2, 0.25) is 0 Å². The number of rotatable bonds is 5. The van der Waals surface area contributed by atoms with Gasteiger partial charge in [0.25, 0.3) is 5.56 Å². The Labute approximate surface area is 197 Å². The fourth-order valence-corrected chi connectivity index (χ4v) is 3.90. The maximum atomic E-state index is 12.2. The average molecular weight is 461 g/mol. The highest BCUT2D eigenvalue weighted by Crippen LogP contribution is 2.18. The Hall–Kier alpha value is -2.27. The number of allylic oxidation sites excluding steroid dienone is 4. The summed E-state index contributed by atoms with van der Waals surface area (Å²) in [4.78, 5) is 19.0. The van der Waals surface area contributed by atoms with Crippen LogP contribution in [0.1, 0.15) is 60.8 Å². The van der Waals surface area contributed by atoms with Crippen LogP contribution in [0.25, 0.3) is 10.2 Å². The van der Waals surface area contributed by atoms with Crippen LogP contribution in [-0.2, 0) is 6.54 Å². The van der Waals surface area contributed by atoms with E-state index in [1.54, 1.807) is 17.1 Å². The molecule has 0 bridgehead atoms. The van der Waals surface area contributed by atoms with Gasteiger partial charge in [-0.3, -0.25) is 14.3 Å². The smallest absolute Gasteiger partial charge is 0.272 e. The highest BCUT2D eigenvalue weighted by molar-refractivity contribution is 7.13. The van der Waals surface area contributed by atoms with Gasteiger partial charge in [-0.25, -0.2) is 4.98 Å². The summed E-state index contributed by atoms with van der Waals surface area (Å²) in [5.74, 6) is 5.81. The Morgan fingerprint density at radius 1 is 1.34 bits per heavy atom. The summed E-state index contributed by atoms with van der Waals surface area (Å²) < 4.78 is 6.42. The Balaban J connectivity index is 0.000000590. The highest BCUT2D eigenvalue weighted by Gasteiger charge is 2.23. The van der Waals surface area contributed by atoms with Gasteiger partial charge in [-0.1, -0.05) is 51.8 Å². The second-order valence-corrected chi connectivity index (χ2v) is 7.53. The monoisotopic (exact) mass is 460 g/mol. The van der Waals surface area contributed by atoms with E-state index in [-0.39, 0.29) is 5.56 Å². The van der Waals surface area contributed by atoms with Crippen LogP contribution in [0, 0.1) is 11.8 Å². The number of hydrogen-bond donors (Lipinski definition) is 1. The molecule has 1 atom stereocenters. The third kappa shape index (κ3) is 9.90. The molecule has 0 aliphatic carbocycles. The van der Waals surface area contributed by atoms with Crippen molar-refractivity contribution in [1.29, 1.82) is 0 Å². The van der Waals surface area contributed by atoms with Gasteiger partial charge in [-0.2, -0.15) is 4.37 Å². The van der Waals surface area contributed by atoms with Crippen LogP contribution in [0.4, 0.5) is 0 Å². The molecular weight excluding hydrogens is 420 g/mol. The molecule has 3 heterocycles. The maximum Gasteiger partial charge on any atom is 0.272 e. The van der Waals surface area contributed by atoms with Crippen LogP contribution in [-0.4, -0.2) is 50.2 Å². The number of hydrogen-bond acceptors (Lipinski definition) is 6. The Morgan fingerprint density at radius 2 is 2.06 bits per heavy atom. The lowest BCUT2D eigenvalue weighted by Crippen LogP contribution is -2.35. The second kappa shape index (κ2) is 18.3. The molecule has 6 nitrogen and oxygen atoms in total. The van der Waals surface area contributed by atoms with E-state index in [2.05, 4.69) is 46.0 Å². The van der Waals surface area contributed by atoms with E-state index in [9.17, 15) is 4.79 Å². The van der Waals surface area contributed by atoms with E-state index in [1.165, 1.54) is 24.4 Å². The molecule has 0 saturated carbocycles. The van der Waals surface area contributed by atoms with Crippen molar-refractivity contribution in [2.75, 3.05) is 20.2 Å². The van der Waals surface area contributed by atoms with Crippen LogP contribution in [0.3, 0.4) is 0 Å². The van der Waals surface area contributed by atoms with E-state index >= 15 is 0 Å². The predicted molar refractivity (Wildman–Crippen MR) is 138 cm³/mol. The molecule has 1 fully saturated rings. The third-order valence-electron chi connectivity index (χ3n) is 4.70. The Kier molecular flexibility index (Phi) is 17.0. The van der Waals surface area contributed by atoms with Gasteiger partial charge < -0.3 is 5.11 Å². The highest BCUT2D eigenvalue weighted by atomic mass is 32.1. The molecule has 0 radical (unpaired) electrons. The zero-order chi connectivity index (χ0) is 24.4. The molecule has 0 amide bonds. The minimum atomic E-state index is 0.0467. The van der Waals surface area contributed by atoms with Gasteiger partial charge in [0, 0.05) is 19.7 Å². The van der Waals surface area contributed by atoms with E-state index in [0.717, 1.165) is 38.7 Å². The lowest BCUT2D eigenvalue weighted by Gasteiger charge is -2.23. The fourth-order valence-electron chi connectivity index (χ4n) is 3.25. The first kappa shape index (κ1) is 29.7. The first-order valence-electron chi connectivity index (χ1n) is 11.3. The Bertz CT molecular complexity index is 935. The van der Waals surface area contributed by atoms with Gasteiger partial charge in [0.05, 0.1) is 12.5 Å². The number of aromatic nitrogens is 3. The third-order valence-corrected chi connectivity index (χ3v) is 5.47. The van der Waals surface area contributed by atoms with Crippen LogP contribution in [0.15, 0.2) is 41.1 Å². The van der Waals surface area contributed by atoms with Gasteiger partial charge >= 0.3 is 0 Å². The van der Waals surface area contributed by atoms with Crippen molar-refractivity contribution in [3.8, 4) is 11.8 Å². The summed E-state index contributed by atoms with van der Waals surface area (Å²) in [7, 11) is 1.00. The van der Waals surface area contributed by atoms with Gasteiger partial charge in [-0.05, 0) is 63.3 Å². The first-order chi connectivity index (χ1) is 15.6. The number of likely N-dealkylation sites (tertiary alicyclic amines) is 1. The molecule has 1 saturated heterocycles. The van der Waals surface area contributed by atoms with Crippen LogP contribution in [0.2, 0.25) is 0 Å². The molecule has 7 heteroatoms. The molecule has 1 aliphatic rings. The maximum absolute atomic E-state index is 12.2. The van der Waals surface area contributed by atoms with Crippen LogP contribution >= 0.6 is 11.5 Å². The molecular formula is C25H40N4O2S. The van der Waals surface area contributed by atoms with E-state index in [1.807, 2.05) is 39.8 Å². The largest absolute Gasteiger partial charge is 0.400 e. The van der Waals surface area contributed by atoms with Crippen molar-refractivity contribution in [2.45, 2.75) is 73.4 Å². The molecule has 32 heavy (non-hydrogen) atoms. The lowest BCUT2D eigenvalue weighted by molar-refractivity contribution is 0.242. The van der Waals surface area contributed by atoms with Crippen LogP contribution in [0.5, 0.6) is 0 Å². The van der Waals surface area contributed by atoms with Crippen LogP contribution < -0.4 is 5.56 Å². The van der Waals surface area contributed by atoms with E-state index < -0.39 is 0 Å². The number of aliphatic hydroxyl groups excluding tert-OH is 1. The molecule has 2 aromatic rings. The number of likely N-dealkylation sites (N-methyl/N-ethyl adjacent to an activating group) is 1. The summed E-state index contributed by atoms with van der Waals surface area (Å²) in [6.07, 6.45) is 13.0. The van der Waals surface area contributed by atoms with Crippen molar-refractivity contribution >= 4 is 21.7 Å². The normalized spacial score (nSPS) is 15.6. The average Bonchev–Trinajstić information content (AvgIpc) is 3.49. The number of nitrogens with zero attached hydrogens (tertiary/aromatic N) is 4. The summed E-state index contributed by atoms with van der Waals surface area (Å²) in [5.41, 5.74) is 1.87. The van der Waals surface area contributed by atoms with Crippen molar-refractivity contribution in [3.05, 3.63) is 46.7 Å². The number of fused-ring (bicyclic) bond motifs is 1. The molecule has 0 aromatic carbocycles. The molecule has 1 aliphatic heterocycles. The SMILES string of the molecule is CC.CC#C/C(C)=C\C=C/CC.CCN1CCCC1Cn1cnc2cnsc2c1=O.CO. The topological polar surface area (TPSA) is 71.2 Å². The summed E-state index contributed by atoms with van der Waals surface area (Å²) in [6, 6.07) is 0.472. The zero-order valence-corrected chi connectivity index (χ0v) is 21.6. The summed E-state index contributed by atoms with van der Waals surface area (Å²) in [6.45, 7) is 15.1. The Morgan fingerprint density at radius 3 is 2.69 bits per heavy atom. The van der Waals surface area contributed by atoms with E-state index in [4.69, 9.17) is 5.11 Å². The molecule has 1 unspecified atom stereocenters. The summed E-state index contributed by atoms with van der Waals surface area (Å²) in [5, 5.41) is 7.00.